The Balaban J connectivity index is 2.55. The van der Waals surface area contributed by atoms with Crippen molar-refractivity contribution in [2.75, 3.05) is 0 Å². The summed E-state index contributed by atoms with van der Waals surface area (Å²) in [6.07, 6.45) is 5.19. The summed E-state index contributed by atoms with van der Waals surface area (Å²) in [5, 5.41) is 0. The molecule has 0 nitrogen and oxygen atoms in total. The molecule has 2 aromatic carbocycles. The van der Waals surface area contributed by atoms with Gasteiger partial charge >= 0.3 is 0 Å². The summed E-state index contributed by atoms with van der Waals surface area (Å²) in [4.78, 5) is 0. The molecule has 0 aliphatic rings. The van der Waals surface area contributed by atoms with E-state index < -0.39 is 0 Å². The Bertz CT molecular complexity index is 630. The zero-order valence-corrected chi connectivity index (χ0v) is 14.4. The maximum absolute atomic E-state index is 3.97. The standard InChI is InChI=1S/C22H28/c1-6-8-21-20(19-12-10-18(7-2)11-13-19)14-9-17(5)22(21)15-16(3)4/h6,9-14,16H,1,7-8,15H2,2-5H3. The van der Waals surface area contributed by atoms with Gasteiger partial charge in [-0.3, -0.25) is 0 Å². The van der Waals surface area contributed by atoms with Crippen molar-refractivity contribution in [1.82, 2.24) is 0 Å². The van der Waals surface area contributed by atoms with Crippen molar-refractivity contribution in [3.63, 3.8) is 0 Å². The Labute approximate surface area is 135 Å². The first-order valence-electron chi connectivity index (χ1n) is 8.38. The molecule has 0 aliphatic heterocycles. The summed E-state index contributed by atoms with van der Waals surface area (Å²) in [6.45, 7) is 13.0. The Morgan fingerprint density at radius 3 is 2.23 bits per heavy atom. The quantitative estimate of drug-likeness (QED) is 0.560. The lowest BCUT2D eigenvalue weighted by Gasteiger charge is -2.18. The van der Waals surface area contributed by atoms with Gasteiger partial charge in [0.15, 0.2) is 0 Å². The van der Waals surface area contributed by atoms with Gasteiger partial charge < -0.3 is 0 Å². The van der Waals surface area contributed by atoms with Crippen LogP contribution in [-0.2, 0) is 19.3 Å². The smallest absolute Gasteiger partial charge is 0.00911 e. The van der Waals surface area contributed by atoms with Crippen molar-refractivity contribution < 1.29 is 0 Å². The van der Waals surface area contributed by atoms with Crippen LogP contribution in [0.2, 0.25) is 0 Å². The summed E-state index contributed by atoms with van der Waals surface area (Å²) in [5.41, 5.74) is 8.44. The van der Waals surface area contributed by atoms with Gasteiger partial charge in [0.1, 0.15) is 0 Å². The second-order valence-corrected chi connectivity index (χ2v) is 6.53. The highest BCUT2D eigenvalue weighted by atomic mass is 14.2. The maximum atomic E-state index is 3.97. The van der Waals surface area contributed by atoms with E-state index in [1.807, 2.05) is 6.08 Å². The lowest BCUT2D eigenvalue weighted by molar-refractivity contribution is 0.641. The SMILES string of the molecule is C=CCc1c(-c2ccc(CC)cc2)ccc(C)c1CC(C)C. The molecule has 22 heavy (non-hydrogen) atoms. The highest BCUT2D eigenvalue weighted by Gasteiger charge is 2.13. The van der Waals surface area contributed by atoms with E-state index in [1.165, 1.54) is 33.4 Å². The zero-order chi connectivity index (χ0) is 16.1. The summed E-state index contributed by atoms with van der Waals surface area (Å²) in [6, 6.07) is 13.6. The molecule has 0 saturated heterocycles. The minimum Gasteiger partial charge on any atom is -0.103 e. The molecule has 2 rings (SSSR count). The van der Waals surface area contributed by atoms with Crippen molar-refractivity contribution in [2.45, 2.75) is 47.0 Å². The number of hydrogen-bond donors (Lipinski definition) is 0. The van der Waals surface area contributed by atoms with Crippen LogP contribution in [0, 0.1) is 12.8 Å². The van der Waals surface area contributed by atoms with Gasteiger partial charge in [-0.1, -0.05) is 63.2 Å². The van der Waals surface area contributed by atoms with E-state index in [0.29, 0.717) is 5.92 Å². The van der Waals surface area contributed by atoms with Crippen LogP contribution in [-0.4, -0.2) is 0 Å². The summed E-state index contributed by atoms with van der Waals surface area (Å²) >= 11 is 0. The largest absolute Gasteiger partial charge is 0.103 e. The van der Waals surface area contributed by atoms with Crippen molar-refractivity contribution in [2.24, 2.45) is 5.92 Å². The van der Waals surface area contributed by atoms with Crippen molar-refractivity contribution in [3.05, 3.63) is 71.3 Å². The van der Waals surface area contributed by atoms with Crippen molar-refractivity contribution >= 4 is 0 Å². The predicted octanol–water partition coefficient (Wildman–Crippen LogP) is 6.15. The van der Waals surface area contributed by atoms with Gasteiger partial charge in [0.2, 0.25) is 0 Å². The molecule has 0 saturated carbocycles. The molecule has 0 bridgehead atoms. The first-order chi connectivity index (χ1) is 10.6. The fraction of sp³-hybridized carbons (Fsp3) is 0.364. The number of rotatable bonds is 6. The molecular formula is C22H28. The van der Waals surface area contributed by atoms with Crippen LogP contribution in [0.1, 0.15) is 43.0 Å². The van der Waals surface area contributed by atoms with Gasteiger partial charge in [-0.05, 0) is 65.5 Å². The van der Waals surface area contributed by atoms with Gasteiger partial charge in [0, 0.05) is 0 Å². The second kappa shape index (κ2) is 7.45. The highest BCUT2D eigenvalue weighted by Crippen LogP contribution is 2.31. The van der Waals surface area contributed by atoms with E-state index in [1.54, 1.807) is 0 Å². The van der Waals surface area contributed by atoms with Crippen LogP contribution in [0.25, 0.3) is 11.1 Å². The third-order valence-electron chi connectivity index (χ3n) is 4.30. The molecule has 116 valence electrons. The van der Waals surface area contributed by atoms with Crippen LogP contribution in [0.3, 0.4) is 0 Å². The first kappa shape index (κ1) is 16.5. The summed E-state index contributed by atoms with van der Waals surface area (Å²) < 4.78 is 0. The monoisotopic (exact) mass is 292 g/mol. The molecule has 0 unspecified atom stereocenters. The van der Waals surface area contributed by atoms with Crippen LogP contribution in [0.5, 0.6) is 0 Å². The normalized spacial score (nSPS) is 11.0. The maximum Gasteiger partial charge on any atom is -0.00911 e. The van der Waals surface area contributed by atoms with Gasteiger partial charge in [-0.15, -0.1) is 6.58 Å². The molecule has 0 heterocycles. The fourth-order valence-electron chi connectivity index (χ4n) is 3.07. The van der Waals surface area contributed by atoms with Crippen molar-refractivity contribution in [3.8, 4) is 11.1 Å². The molecule has 0 fully saturated rings. The third kappa shape index (κ3) is 3.68. The highest BCUT2D eigenvalue weighted by molar-refractivity contribution is 5.70. The molecule has 0 aromatic heterocycles. The number of aryl methyl sites for hydroxylation is 2. The van der Waals surface area contributed by atoms with Crippen LogP contribution >= 0.6 is 0 Å². The minimum atomic E-state index is 0.667. The van der Waals surface area contributed by atoms with E-state index in [-0.39, 0.29) is 0 Å². The molecule has 0 N–H and O–H groups in total. The molecule has 0 spiro atoms. The molecule has 0 heteroatoms. The Morgan fingerprint density at radius 2 is 1.68 bits per heavy atom. The first-order valence-corrected chi connectivity index (χ1v) is 8.38. The second-order valence-electron chi connectivity index (χ2n) is 6.53. The van der Waals surface area contributed by atoms with Crippen LogP contribution in [0.4, 0.5) is 0 Å². The average Bonchev–Trinajstić information content (AvgIpc) is 2.51. The number of allylic oxidation sites excluding steroid dienone is 1. The van der Waals surface area contributed by atoms with Gasteiger partial charge in [0.05, 0.1) is 0 Å². The van der Waals surface area contributed by atoms with Gasteiger partial charge in [-0.25, -0.2) is 0 Å². The Morgan fingerprint density at radius 1 is 1.00 bits per heavy atom. The van der Waals surface area contributed by atoms with Crippen LogP contribution in [0.15, 0.2) is 49.1 Å². The molecule has 0 amide bonds. The molecule has 0 aliphatic carbocycles. The minimum absolute atomic E-state index is 0.667. The number of hydrogen-bond acceptors (Lipinski definition) is 0. The summed E-state index contributed by atoms with van der Waals surface area (Å²) in [5.74, 6) is 0.667. The zero-order valence-electron chi connectivity index (χ0n) is 14.4. The van der Waals surface area contributed by atoms with E-state index >= 15 is 0 Å². The van der Waals surface area contributed by atoms with E-state index in [0.717, 1.165) is 19.3 Å². The molecule has 0 atom stereocenters. The van der Waals surface area contributed by atoms with Crippen molar-refractivity contribution in [1.29, 1.82) is 0 Å². The van der Waals surface area contributed by atoms with E-state index in [9.17, 15) is 0 Å². The topological polar surface area (TPSA) is 0 Å². The van der Waals surface area contributed by atoms with E-state index in [4.69, 9.17) is 0 Å². The lowest BCUT2D eigenvalue weighted by Crippen LogP contribution is -2.04. The molecule has 2 aromatic rings. The Kier molecular flexibility index (Phi) is 5.60. The fourth-order valence-corrected chi connectivity index (χ4v) is 3.07. The lowest BCUT2D eigenvalue weighted by atomic mass is 9.86. The predicted molar refractivity (Wildman–Crippen MR) is 98.4 cm³/mol. The Hall–Kier alpha value is -1.82. The van der Waals surface area contributed by atoms with Crippen LogP contribution < -0.4 is 0 Å². The molecular weight excluding hydrogens is 264 g/mol. The molecule has 0 radical (unpaired) electrons. The summed E-state index contributed by atoms with van der Waals surface area (Å²) in [7, 11) is 0. The van der Waals surface area contributed by atoms with Gasteiger partial charge in [-0.2, -0.15) is 0 Å². The average molecular weight is 292 g/mol. The number of benzene rings is 2. The van der Waals surface area contributed by atoms with E-state index in [2.05, 4.69) is 70.7 Å². The van der Waals surface area contributed by atoms with Gasteiger partial charge in [0.25, 0.3) is 0 Å². The third-order valence-corrected chi connectivity index (χ3v) is 4.30.